The summed E-state index contributed by atoms with van der Waals surface area (Å²) < 4.78 is 6.52. The second-order valence-corrected chi connectivity index (χ2v) is 4.73. The highest BCUT2D eigenvalue weighted by molar-refractivity contribution is 9.10. The molecule has 0 spiro atoms. The van der Waals surface area contributed by atoms with E-state index in [9.17, 15) is 0 Å². The van der Waals surface area contributed by atoms with Crippen molar-refractivity contribution in [1.29, 1.82) is 5.26 Å². The van der Waals surface area contributed by atoms with Crippen LogP contribution in [0.4, 0.5) is 5.69 Å². The van der Waals surface area contributed by atoms with E-state index in [4.69, 9.17) is 15.7 Å². The van der Waals surface area contributed by atoms with Crippen molar-refractivity contribution in [2.75, 3.05) is 5.73 Å². The zero-order chi connectivity index (χ0) is 13.0. The van der Waals surface area contributed by atoms with Crippen molar-refractivity contribution in [3.05, 3.63) is 58.1 Å². The highest BCUT2D eigenvalue weighted by atomic mass is 79.9. The highest BCUT2D eigenvalue weighted by Gasteiger charge is 1.99. The number of benzene rings is 2. The zero-order valence-corrected chi connectivity index (χ0v) is 11.1. The third-order valence-corrected chi connectivity index (χ3v) is 2.84. The molecule has 0 radical (unpaired) electrons. The second-order valence-electron chi connectivity index (χ2n) is 3.82. The van der Waals surface area contributed by atoms with Gasteiger partial charge in [0.2, 0.25) is 0 Å². The Labute approximate surface area is 114 Å². The molecule has 0 unspecified atom stereocenters. The van der Waals surface area contributed by atoms with Gasteiger partial charge in [-0.2, -0.15) is 5.26 Å². The third-order valence-electron chi connectivity index (χ3n) is 2.38. The molecule has 0 amide bonds. The monoisotopic (exact) mass is 302 g/mol. The fourth-order valence-electron chi connectivity index (χ4n) is 1.51. The predicted molar refractivity (Wildman–Crippen MR) is 74.0 cm³/mol. The molecule has 90 valence electrons. The van der Waals surface area contributed by atoms with Gasteiger partial charge in [-0.3, -0.25) is 0 Å². The van der Waals surface area contributed by atoms with E-state index in [1.54, 1.807) is 18.2 Å². The average Bonchev–Trinajstić information content (AvgIpc) is 2.36. The van der Waals surface area contributed by atoms with Crippen LogP contribution in [-0.4, -0.2) is 0 Å². The van der Waals surface area contributed by atoms with Crippen molar-refractivity contribution in [1.82, 2.24) is 0 Å². The maximum absolute atomic E-state index is 8.70. The number of hydrogen-bond donors (Lipinski definition) is 1. The first-order valence-corrected chi connectivity index (χ1v) is 6.14. The van der Waals surface area contributed by atoms with Crippen LogP contribution in [0.5, 0.6) is 5.75 Å². The first-order chi connectivity index (χ1) is 8.67. The van der Waals surface area contributed by atoms with E-state index >= 15 is 0 Å². The molecule has 0 saturated heterocycles. The molecule has 0 atom stereocenters. The first kappa shape index (κ1) is 12.5. The number of ether oxygens (including phenoxy) is 1. The summed E-state index contributed by atoms with van der Waals surface area (Å²) in [5.41, 5.74) is 8.02. The zero-order valence-electron chi connectivity index (χ0n) is 9.56. The van der Waals surface area contributed by atoms with Crippen molar-refractivity contribution in [3.63, 3.8) is 0 Å². The third kappa shape index (κ3) is 3.25. The van der Waals surface area contributed by atoms with Gasteiger partial charge in [-0.1, -0.05) is 28.1 Å². The summed E-state index contributed by atoms with van der Waals surface area (Å²) in [4.78, 5) is 0. The van der Waals surface area contributed by atoms with Crippen molar-refractivity contribution < 1.29 is 4.74 Å². The lowest BCUT2D eigenvalue weighted by Gasteiger charge is -2.07. The summed E-state index contributed by atoms with van der Waals surface area (Å²) >= 11 is 3.36. The lowest BCUT2D eigenvalue weighted by Crippen LogP contribution is -1.96. The minimum Gasteiger partial charge on any atom is -0.489 e. The number of rotatable bonds is 3. The number of nitriles is 1. The van der Waals surface area contributed by atoms with Gasteiger partial charge in [0.05, 0.1) is 11.6 Å². The Kier molecular flexibility index (Phi) is 3.85. The van der Waals surface area contributed by atoms with Gasteiger partial charge in [0.25, 0.3) is 0 Å². The van der Waals surface area contributed by atoms with Crippen LogP contribution in [0.25, 0.3) is 0 Å². The van der Waals surface area contributed by atoms with E-state index in [1.165, 1.54) is 0 Å². The van der Waals surface area contributed by atoms with Gasteiger partial charge >= 0.3 is 0 Å². The molecule has 0 aliphatic carbocycles. The van der Waals surface area contributed by atoms with Gasteiger partial charge in [-0.15, -0.1) is 0 Å². The van der Waals surface area contributed by atoms with Crippen LogP contribution >= 0.6 is 15.9 Å². The Hall–Kier alpha value is -1.99. The average molecular weight is 303 g/mol. The quantitative estimate of drug-likeness (QED) is 0.883. The predicted octanol–water partition coefficient (Wildman–Crippen LogP) is 3.48. The highest BCUT2D eigenvalue weighted by Crippen LogP contribution is 2.23. The Bertz CT molecular complexity index is 567. The number of anilines is 1. The van der Waals surface area contributed by atoms with E-state index in [2.05, 4.69) is 22.0 Å². The van der Waals surface area contributed by atoms with Gasteiger partial charge in [0.1, 0.15) is 12.4 Å². The number of hydrogen-bond acceptors (Lipinski definition) is 3. The van der Waals surface area contributed by atoms with Gasteiger partial charge < -0.3 is 10.5 Å². The van der Waals surface area contributed by atoms with Crippen LogP contribution in [0.2, 0.25) is 0 Å². The molecule has 3 nitrogen and oxygen atoms in total. The molecular formula is C14H11BrN2O. The summed E-state index contributed by atoms with van der Waals surface area (Å²) in [5, 5.41) is 8.70. The molecule has 0 aliphatic heterocycles. The minimum absolute atomic E-state index is 0.446. The maximum atomic E-state index is 8.70. The fourth-order valence-corrected chi connectivity index (χ4v) is 2.00. The molecule has 2 N–H and O–H groups in total. The van der Waals surface area contributed by atoms with E-state index in [-0.39, 0.29) is 0 Å². The molecule has 0 heterocycles. The maximum Gasteiger partial charge on any atom is 0.122 e. The van der Waals surface area contributed by atoms with Gasteiger partial charge in [0.15, 0.2) is 0 Å². The molecule has 2 aromatic carbocycles. The van der Waals surface area contributed by atoms with Gasteiger partial charge in [-0.05, 0) is 29.8 Å². The molecule has 0 aliphatic rings. The topological polar surface area (TPSA) is 59.0 Å². The Morgan fingerprint density at radius 1 is 1.17 bits per heavy atom. The van der Waals surface area contributed by atoms with Gasteiger partial charge in [-0.25, -0.2) is 0 Å². The van der Waals surface area contributed by atoms with E-state index in [0.29, 0.717) is 23.6 Å². The van der Waals surface area contributed by atoms with Gasteiger partial charge in [0, 0.05) is 16.2 Å². The SMILES string of the molecule is N#Cc1ccc(COc2cc(N)cc(Br)c2)cc1. The fraction of sp³-hybridized carbons (Fsp3) is 0.0714. The normalized spacial score (nSPS) is 9.78. The Morgan fingerprint density at radius 2 is 1.89 bits per heavy atom. The molecule has 0 fully saturated rings. The van der Waals surface area contributed by atoms with Crippen LogP contribution in [0.15, 0.2) is 46.9 Å². The van der Waals surface area contributed by atoms with E-state index in [1.807, 2.05) is 24.3 Å². The summed E-state index contributed by atoms with van der Waals surface area (Å²) in [6.07, 6.45) is 0. The molecule has 2 rings (SSSR count). The van der Waals surface area contributed by atoms with Crippen molar-refractivity contribution in [2.45, 2.75) is 6.61 Å². The minimum atomic E-state index is 0.446. The van der Waals surface area contributed by atoms with E-state index in [0.717, 1.165) is 10.0 Å². The van der Waals surface area contributed by atoms with Crippen LogP contribution in [0.3, 0.4) is 0 Å². The molecule has 0 bridgehead atoms. The van der Waals surface area contributed by atoms with Crippen LogP contribution in [-0.2, 0) is 6.61 Å². The molecule has 18 heavy (non-hydrogen) atoms. The molecular weight excluding hydrogens is 292 g/mol. The number of nitrogen functional groups attached to an aromatic ring is 1. The second kappa shape index (κ2) is 5.56. The molecule has 0 saturated carbocycles. The van der Waals surface area contributed by atoms with Crippen molar-refractivity contribution in [2.24, 2.45) is 0 Å². The summed E-state index contributed by atoms with van der Waals surface area (Å²) in [5.74, 6) is 0.714. The van der Waals surface area contributed by atoms with Crippen LogP contribution in [0.1, 0.15) is 11.1 Å². The Morgan fingerprint density at radius 3 is 2.50 bits per heavy atom. The summed E-state index contributed by atoms with van der Waals surface area (Å²) in [6.45, 7) is 0.446. The first-order valence-electron chi connectivity index (χ1n) is 5.35. The van der Waals surface area contributed by atoms with E-state index < -0.39 is 0 Å². The van der Waals surface area contributed by atoms with Crippen molar-refractivity contribution >= 4 is 21.6 Å². The van der Waals surface area contributed by atoms with Crippen molar-refractivity contribution in [3.8, 4) is 11.8 Å². The number of nitrogens with two attached hydrogens (primary N) is 1. The molecule has 4 heteroatoms. The summed E-state index contributed by atoms with van der Waals surface area (Å²) in [7, 11) is 0. The van der Waals surface area contributed by atoms with Crippen LogP contribution < -0.4 is 10.5 Å². The smallest absolute Gasteiger partial charge is 0.122 e. The Balaban J connectivity index is 2.04. The molecule has 0 aromatic heterocycles. The standard InChI is InChI=1S/C14H11BrN2O/c15-12-5-13(17)7-14(6-12)18-9-11-3-1-10(8-16)2-4-11/h1-7H,9,17H2. The number of nitrogens with zero attached hydrogens (tertiary/aromatic N) is 1. The summed E-state index contributed by atoms with van der Waals surface area (Å²) in [6, 6.07) is 14.8. The molecule has 2 aromatic rings. The lowest BCUT2D eigenvalue weighted by atomic mass is 10.2. The van der Waals surface area contributed by atoms with Crippen LogP contribution in [0, 0.1) is 11.3 Å². The number of halogens is 1. The largest absolute Gasteiger partial charge is 0.489 e. The lowest BCUT2D eigenvalue weighted by molar-refractivity contribution is 0.306.